The van der Waals surface area contributed by atoms with Gasteiger partial charge in [-0.05, 0) is 44.0 Å². The van der Waals surface area contributed by atoms with Gasteiger partial charge in [0.25, 0.3) is 5.91 Å². The van der Waals surface area contributed by atoms with Crippen molar-refractivity contribution in [3.63, 3.8) is 0 Å². The summed E-state index contributed by atoms with van der Waals surface area (Å²) in [5, 5.41) is 6.90. The standard InChI is InChI=1S/C16H17N3OS/c1-9-4-10(2)12-6-14(19-13(12)5-9)16(20)17-7-15-18-11(3)8-21-15/h4-6,8,19H,7H2,1-3H3,(H,17,20). The van der Waals surface area contributed by atoms with E-state index in [0.29, 0.717) is 12.2 Å². The van der Waals surface area contributed by atoms with E-state index in [1.165, 1.54) is 11.1 Å². The van der Waals surface area contributed by atoms with Gasteiger partial charge in [0, 0.05) is 22.0 Å². The number of hydrogen-bond acceptors (Lipinski definition) is 3. The third kappa shape index (κ3) is 2.83. The van der Waals surface area contributed by atoms with Crippen molar-refractivity contribution in [2.75, 3.05) is 0 Å². The lowest BCUT2D eigenvalue weighted by atomic mass is 10.1. The summed E-state index contributed by atoms with van der Waals surface area (Å²) >= 11 is 1.56. The van der Waals surface area contributed by atoms with Crippen molar-refractivity contribution in [2.45, 2.75) is 27.3 Å². The van der Waals surface area contributed by atoms with E-state index >= 15 is 0 Å². The summed E-state index contributed by atoms with van der Waals surface area (Å²) in [6.07, 6.45) is 0. The summed E-state index contributed by atoms with van der Waals surface area (Å²) in [5.74, 6) is -0.101. The molecule has 0 aliphatic carbocycles. The number of rotatable bonds is 3. The average molecular weight is 299 g/mol. The molecular weight excluding hydrogens is 282 g/mol. The van der Waals surface area contributed by atoms with Gasteiger partial charge in [0.05, 0.1) is 6.54 Å². The highest BCUT2D eigenvalue weighted by Crippen LogP contribution is 2.21. The first kappa shape index (κ1) is 13.8. The number of aryl methyl sites for hydroxylation is 3. The molecule has 0 saturated heterocycles. The van der Waals surface area contributed by atoms with Crippen LogP contribution in [0.5, 0.6) is 0 Å². The molecule has 3 aromatic rings. The van der Waals surface area contributed by atoms with Crippen LogP contribution < -0.4 is 5.32 Å². The third-order valence-corrected chi connectivity index (χ3v) is 4.37. The first-order valence-electron chi connectivity index (χ1n) is 6.82. The van der Waals surface area contributed by atoms with Crippen LogP contribution in [0.3, 0.4) is 0 Å². The Labute approximate surface area is 127 Å². The van der Waals surface area contributed by atoms with Gasteiger partial charge >= 0.3 is 0 Å². The van der Waals surface area contributed by atoms with Gasteiger partial charge < -0.3 is 10.3 Å². The van der Waals surface area contributed by atoms with Gasteiger partial charge in [-0.3, -0.25) is 4.79 Å². The van der Waals surface area contributed by atoms with Crippen molar-refractivity contribution in [1.82, 2.24) is 15.3 Å². The second kappa shape index (κ2) is 5.33. The number of amides is 1. The molecule has 5 heteroatoms. The molecule has 0 radical (unpaired) electrons. The van der Waals surface area contributed by atoms with Crippen molar-refractivity contribution in [3.05, 3.63) is 51.1 Å². The molecule has 2 aromatic heterocycles. The number of aromatic amines is 1. The second-order valence-electron chi connectivity index (χ2n) is 5.29. The van der Waals surface area contributed by atoms with Crippen LogP contribution in [0.15, 0.2) is 23.6 Å². The fourth-order valence-corrected chi connectivity index (χ4v) is 3.17. The summed E-state index contributed by atoms with van der Waals surface area (Å²) in [5.41, 5.74) is 4.94. The first-order valence-corrected chi connectivity index (χ1v) is 7.70. The number of carbonyl (C=O) groups is 1. The normalized spacial score (nSPS) is 11.0. The minimum absolute atomic E-state index is 0.101. The van der Waals surface area contributed by atoms with Gasteiger partial charge in [0.15, 0.2) is 0 Å². The largest absolute Gasteiger partial charge is 0.351 e. The highest BCUT2D eigenvalue weighted by atomic mass is 32.1. The van der Waals surface area contributed by atoms with Crippen LogP contribution in [0.2, 0.25) is 0 Å². The highest BCUT2D eigenvalue weighted by molar-refractivity contribution is 7.09. The van der Waals surface area contributed by atoms with Crippen molar-refractivity contribution in [2.24, 2.45) is 0 Å². The minimum atomic E-state index is -0.101. The summed E-state index contributed by atoms with van der Waals surface area (Å²) in [4.78, 5) is 19.8. The number of carbonyl (C=O) groups excluding carboxylic acids is 1. The van der Waals surface area contributed by atoms with Gasteiger partial charge in [0.1, 0.15) is 10.7 Å². The van der Waals surface area contributed by atoms with E-state index in [0.717, 1.165) is 21.6 Å². The molecule has 3 rings (SSSR count). The predicted molar refractivity (Wildman–Crippen MR) is 85.8 cm³/mol. The number of aromatic nitrogens is 2. The molecule has 4 nitrogen and oxygen atoms in total. The van der Waals surface area contributed by atoms with Crippen molar-refractivity contribution >= 4 is 28.1 Å². The number of hydrogen-bond donors (Lipinski definition) is 2. The maximum atomic E-state index is 12.2. The lowest BCUT2D eigenvalue weighted by Gasteiger charge is -2.00. The summed E-state index contributed by atoms with van der Waals surface area (Å²) < 4.78 is 0. The van der Waals surface area contributed by atoms with E-state index in [-0.39, 0.29) is 5.91 Å². The number of nitrogens with zero attached hydrogens (tertiary/aromatic N) is 1. The minimum Gasteiger partial charge on any atom is -0.351 e. The summed E-state index contributed by atoms with van der Waals surface area (Å²) in [6.45, 7) is 6.52. The SMILES string of the molecule is Cc1cc(C)c2cc(C(=O)NCc3nc(C)cs3)[nH]c2c1. The van der Waals surface area contributed by atoms with Crippen LogP contribution in [0.25, 0.3) is 10.9 Å². The van der Waals surface area contributed by atoms with Crippen LogP contribution in [0, 0.1) is 20.8 Å². The Hall–Kier alpha value is -2.14. The molecule has 21 heavy (non-hydrogen) atoms. The van der Waals surface area contributed by atoms with Crippen molar-refractivity contribution in [1.29, 1.82) is 0 Å². The molecule has 1 amide bonds. The average Bonchev–Trinajstić information content (AvgIpc) is 3.02. The first-order chi connectivity index (χ1) is 10.0. The summed E-state index contributed by atoms with van der Waals surface area (Å²) in [6, 6.07) is 6.09. The molecule has 1 aromatic carbocycles. The van der Waals surface area contributed by atoms with E-state index in [2.05, 4.69) is 41.3 Å². The molecule has 0 atom stereocenters. The molecule has 0 bridgehead atoms. The van der Waals surface area contributed by atoms with Gasteiger partial charge in [-0.15, -0.1) is 11.3 Å². The van der Waals surface area contributed by atoms with E-state index in [4.69, 9.17) is 0 Å². The number of fused-ring (bicyclic) bond motifs is 1. The zero-order chi connectivity index (χ0) is 15.0. The molecule has 0 unspecified atom stereocenters. The third-order valence-electron chi connectivity index (χ3n) is 3.40. The van der Waals surface area contributed by atoms with E-state index in [1.54, 1.807) is 11.3 Å². The molecule has 0 fully saturated rings. The van der Waals surface area contributed by atoms with Crippen molar-refractivity contribution in [3.8, 4) is 0 Å². The fraction of sp³-hybridized carbons (Fsp3) is 0.250. The van der Waals surface area contributed by atoms with Gasteiger partial charge in [0.2, 0.25) is 0 Å². The Kier molecular flexibility index (Phi) is 3.51. The molecule has 0 aliphatic heterocycles. The van der Waals surface area contributed by atoms with E-state index in [9.17, 15) is 4.79 Å². The predicted octanol–water partition coefficient (Wildman–Crippen LogP) is 3.48. The quantitative estimate of drug-likeness (QED) is 0.778. The summed E-state index contributed by atoms with van der Waals surface area (Å²) in [7, 11) is 0. The van der Waals surface area contributed by atoms with Crippen LogP contribution in [-0.2, 0) is 6.54 Å². The van der Waals surface area contributed by atoms with Gasteiger partial charge in [-0.25, -0.2) is 4.98 Å². The lowest BCUT2D eigenvalue weighted by molar-refractivity contribution is 0.0946. The Bertz CT molecular complexity index is 816. The van der Waals surface area contributed by atoms with Crippen LogP contribution >= 0.6 is 11.3 Å². The Balaban J connectivity index is 1.80. The molecule has 2 heterocycles. The molecule has 0 saturated carbocycles. The molecule has 0 spiro atoms. The number of thiazole rings is 1. The van der Waals surface area contributed by atoms with E-state index in [1.807, 2.05) is 18.4 Å². The zero-order valence-electron chi connectivity index (χ0n) is 12.3. The van der Waals surface area contributed by atoms with Gasteiger partial charge in [-0.2, -0.15) is 0 Å². The molecule has 108 valence electrons. The monoisotopic (exact) mass is 299 g/mol. The highest BCUT2D eigenvalue weighted by Gasteiger charge is 2.11. The zero-order valence-corrected chi connectivity index (χ0v) is 13.1. The lowest BCUT2D eigenvalue weighted by Crippen LogP contribution is -2.22. The fourth-order valence-electron chi connectivity index (χ4n) is 2.46. The Morgan fingerprint density at radius 3 is 2.81 bits per heavy atom. The number of nitrogens with one attached hydrogen (secondary N) is 2. The van der Waals surface area contributed by atoms with Crippen molar-refractivity contribution < 1.29 is 4.79 Å². The number of H-pyrrole nitrogens is 1. The topological polar surface area (TPSA) is 57.8 Å². The van der Waals surface area contributed by atoms with Crippen LogP contribution in [0.1, 0.15) is 32.3 Å². The maximum absolute atomic E-state index is 12.2. The maximum Gasteiger partial charge on any atom is 0.268 e. The van der Waals surface area contributed by atoms with Crippen LogP contribution in [0.4, 0.5) is 0 Å². The van der Waals surface area contributed by atoms with Gasteiger partial charge in [-0.1, -0.05) is 6.07 Å². The molecular formula is C16H17N3OS. The Morgan fingerprint density at radius 2 is 2.10 bits per heavy atom. The van der Waals surface area contributed by atoms with E-state index < -0.39 is 0 Å². The molecule has 2 N–H and O–H groups in total. The number of benzene rings is 1. The molecule has 0 aliphatic rings. The van der Waals surface area contributed by atoms with Crippen LogP contribution in [-0.4, -0.2) is 15.9 Å². The Morgan fingerprint density at radius 1 is 1.29 bits per heavy atom. The smallest absolute Gasteiger partial charge is 0.268 e. The second-order valence-corrected chi connectivity index (χ2v) is 6.23.